The number of carbonyl (C=O) groups is 2. The molecule has 0 aliphatic carbocycles. The van der Waals surface area contributed by atoms with E-state index < -0.39 is 0 Å². The topological polar surface area (TPSA) is 76.5 Å². The van der Waals surface area contributed by atoms with Crippen LogP contribution in [0.3, 0.4) is 0 Å². The normalized spacial score (nSPS) is 11.2. The molecule has 1 heterocycles. The predicted octanol–water partition coefficient (Wildman–Crippen LogP) is 6.16. The fourth-order valence-corrected chi connectivity index (χ4v) is 4.32. The van der Waals surface area contributed by atoms with Gasteiger partial charge in [-0.15, -0.1) is 0 Å². The number of anilines is 1. The second kappa shape index (κ2) is 12.2. The van der Waals surface area contributed by atoms with Crippen molar-refractivity contribution in [3.8, 4) is 11.4 Å². The second-order valence-corrected chi connectivity index (χ2v) is 10.7. The molecule has 0 atom stereocenters. The molecule has 3 aromatic carbocycles. The smallest absolute Gasteiger partial charge is 0.254 e. The molecular formula is C31H33ClN4O3. The van der Waals surface area contributed by atoms with Crippen LogP contribution in [0.25, 0.3) is 5.69 Å². The Hall–Kier alpha value is -4.10. The number of hydrogen-bond donors (Lipinski definition) is 1. The molecule has 0 saturated heterocycles. The summed E-state index contributed by atoms with van der Waals surface area (Å²) in [6, 6.07) is 26.0. The first-order chi connectivity index (χ1) is 18.7. The van der Waals surface area contributed by atoms with E-state index in [1.807, 2.05) is 54.6 Å². The molecule has 202 valence electrons. The Kier molecular flexibility index (Phi) is 8.72. The van der Waals surface area contributed by atoms with Gasteiger partial charge in [0.25, 0.3) is 5.91 Å². The van der Waals surface area contributed by atoms with E-state index in [-0.39, 0.29) is 23.8 Å². The fraction of sp³-hybridized carbons (Fsp3) is 0.258. The van der Waals surface area contributed by atoms with Crippen LogP contribution in [-0.4, -0.2) is 46.7 Å². The molecule has 0 bridgehead atoms. The van der Waals surface area contributed by atoms with Gasteiger partial charge in [-0.05, 0) is 42.3 Å². The number of benzene rings is 3. The largest absolute Gasteiger partial charge is 0.497 e. The average Bonchev–Trinajstić information content (AvgIpc) is 3.35. The van der Waals surface area contributed by atoms with Crippen LogP contribution < -0.4 is 10.1 Å². The van der Waals surface area contributed by atoms with Gasteiger partial charge in [0.05, 0.1) is 23.5 Å². The maximum absolute atomic E-state index is 13.5. The summed E-state index contributed by atoms with van der Waals surface area (Å²) < 4.78 is 6.94. The van der Waals surface area contributed by atoms with Crippen molar-refractivity contribution in [1.29, 1.82) is 0 Å². The third kappa shape index (κ3) is 7.06. The number of nitrogens with one attached hydrogen (secondary N) is 1. The number of hydrogen-bond acceptors (Lipinski definition) is 4. The number of amides is 2. The Bertz CT molecular complexity index is 1440. The number of halogens is 1. The molecule has 7 nitrogen and oxygen atoms in total. The number of para-hydroxylation sites is 1. The van der Waals surface area contributed by atoms with Crippen molar-refractivity contribution in [1.82, 2.24) is 14.7 Å². The molecule has 4 rings (SSSR count). The van der Waals surface area contributed by atoms with Gasteiger partial charge in [0, 0.05) is 23.6 Å². The first-order valence-corrected chi connectivity index (χ1v) is 13.2. The van der Waals surface area contributed by atoms with E-state index in [1.54, 1.807) is 47.0 Å². The summed E-state index contributed by atoms with van der Waals surface area (Å²) in [5.74, 6) is 0.462. The highest BCUT2D eigenvalue weighted by Crippen LogP contribution is 2.29. The van der Waals surface area contributed by atoms with Gasteiger partial charge in [-0.3, -0.25) is 9.59 Å². The number of ether oxygens (including phenoxy) is 1. The standard InChI is InChI=1S/C31H33ClN4O3/c1-31(2,3)27-20-28(36(34-27)26-16-9-8-15-25(26)32)33-29(37)21-35(18-17-22-11-6-5-7-12-22)30(38)23-13-10-14-24(19-23)39-4/h5-16,19-20H,17-18,21H2,1-4H3,(H,33,37). The lowest BCUT2D eigenvalue weighted by atomic mass is 9.92. The Balaban J connectivity index is 1.60. The zero-order valence-electron chi connectivity index (χ0n) is 22.6. The lowest BCUT2D eigenvalue weighted by Gasteiger charge is -2.23. The third-order valence-electron chi connectivity index (χ3n) is 6.28. The van der Waals surface area contributed by atoms with Gasteiger partial charge in [0.2, 0.25) is 5.91 Å². The molecule has 0 saturated carbocycles. The van der Waals surface area contributed by atoms with Crippen LogP contribution >= 0.6 is 11.6 Å². The molecule has 0 aliphatic heterocycles. The maximum atomic E-state index is 13.5. The minimum Gasteiger partial charge on any atom is -0.497 e. The first-order valence-electron chi connectivity index (χ1n) is 12.8. The molecule has 8 heteroatoms. The number of carbonyl (C=O) groups excluding carboxylic acids is 2. The molecule has 0 fully saturated rings. The summed E-state index contributed by atoms with van der Waals surface area (Å²) in [6.07, 6.45) is 0.607. The minimum atomic E-state index is -0.340. The Morgan fingerprint density at radius 3 is 2.38 bits per heavy atom. The van der Waals surface area contributed by atoms with Gasteiger partial charge >= 0.3 is 0 Å². The number of nitrogens with zero attached hydrogens (tertiary/aromatic N) is 3. The summed E-state index contributed by atoms with van der Waals surface area (Å²) >= 11 is 6.47. The summed E-state index contributed by atoms with van der Waals surface area (Å²) in [5, 5.41) is 8.22. The minimum absolute atomic E-state index is 0.137. The van der Waals surface area contributed by atoms with Gasteiger partial charge < -0.3 is 15.0 Å². The highest BCUT2D eigenvalue weighted by atomic mass is 35.5. The molecule has 39 heavy (non-hydrogen) atoms. The van der Waals surface area contributed by atoms with Crippen LogP contribution in [-0.2, 0) is 16.6 Å². The summed E-state index contributed by atoms with van der Waals surface area (Å²) in [6.45, 7) is 6.38. The highest BCUT2D eigenvalue weighted by Gasteiger charge is 2.24. The molecule has 1 aromatic heterocycles. The molecule has 0 aliphatic rings. The van der Waals surface area contributed by atoms with E-state index in [4.69, 9.17) is 21.4 Å². The molecule has 0 radical (unpaired) electrons. The summed E-state index contributed by atoms with van der Waals surface area (Å²) in [4.78, 5) is 28.5. The van der Waals surface area contributed by atoms with Crippen molar-refractivity contribution in [2.24, 2.45) is 0 Å². The monoisotopic (exact) mass is 544 g/mol. The maximum Gasteiger partial charge on any atom is 0.254 e. The van der Waals surface area contributed by atoms with Gasteiger partial charge in [0.1, 0.15) is 18.1 Å². The van der Waals surface area contributed by atoms with Crippen molar-refractivity contribution in [3.63, 3.8) is 0 Å². The lowest BCUT2D eigenvalue weighted by molar-refractivity contribution is -0.116. The van der Waals surface area contributed by atoms with Crippen LogP contribution in [0, 0.1) is 0 Å². The van der Waals surface area contributed by atoms with E-state index in [1.165, 1.54) is 0 Å². The van der Waals surface area contributed by atoms with Crippen LogP contribution in [0.2, 0.25) is 5.02 Å². The SMILES string of the molecule is COc1cccc(C(=O)N(CCc2ccccc2)CC(=O)Nc2cc(C(C)(C)C)nn2-c2ccccc2Cl)c1. The van der Waals surface area contributed by atoms with E-state index >= 15 is 0 Å². The van der Waals surface area contributed by atoms with Crippen LogP contribution in [0.1, 0.15) is 42.4 Å². The quantitative estimate of drug-likeness (QED) is 0.274. The fourth-order valence-electron chi connectivity index (χ4n) is 4.10. The average molecular weight is 545 g/mol. The third-order valence-corrected chi connectivity index (χ3v) is 6.60. The van der Waals surface area contributed by atoms with Crippen molar-refractivity contribution in [3.05, 3.63) is 107 Å². The predicted molar refractivity (Wildman–Crippen MR) is 155 cm³/mol. The van der Waals surface area contributed by atoms with Crippen LogP contribution in [0.5, 0.6) is 5.75 Å². The molecule has 4 aromatic rings. The van der Waals surface area contributed by atoms with E-state index in [9.17, 15) is 9.59 Å². The number of rotatable bonds is 9. The Labute approximate surface area is 234 Å². The van der Waals surface area contributed by atoms with Crippen molar-refractivity contribution >= 4 is 29.2 Å². The molecule has 1 N–H and O–H groups in total. The van der Waals surface area contributed by atoms with Gasteiger partial charge in [0.15, 0.2) is 0 Å². The summed E-state index contributed by atoms with van der Waals surface area (Å²) in [5.41, 5.74) is 2.72. The van der Waals surface area contributed by atoms with Gasteiger partial charge in [-0.1, -0.05) is 80.9 Å². The van der Waals surface area contributed by atoms with E-state index in [0.29, 0.717) is 40.8 Å². The highest BCUT2D eigenvalue weighted by molar-refractivity contribution is 6.32. The van der Waals surface area contributed by atoms with E-state index in [2.05, 4.69) is 26.1 Å². The van der Waals surface area contributed by atoms with Crippen LogP contribution in [0.4, 0.5) is 5.82 Å². The molecule has 0 unspecified atom stereocenters. The Morgan fingerprint density at radius 2 is 1.69 bits per heavy atom. The Morgan fingerprint density at radius 1 is 0.974 bits per heavy atom. The van der Waals surface area contributed by atoms with Gasteiger partial charge in [-0.25, -0.2) is 4.68 Å². The lowest BCUT2D eigenvalue weighted by Crippen LogP contribution is -2.39. The first kappa shape index (κ1) is 27.9. The van der Waals surface area contributed by atoms with Crippen molar-refractivity contribution < 1.29 is 14.3 Å². The van der Waals surface area contributed by atoms with Gasteiger partial charge in [-0.2, -0.15) is 5.10 Å². The molecular weight excluding hydrogens is 512 g/mol. The van der Waals surface area contributed by atoms with Crippen molar-refractivity contribution in [2.75, 3.05) is 25.5 Å². The van der Waals surface area contributed by atoms with Crippen molar-refractivity contribution in [2.45, 2.75) is 32.6 Å². The second-order valence-electron chi connectivity index (χ2n) is 10.3. The number of methoxy groups -OCH3 is 1. The van der Waals surface area contributed by atoms with Crippen LogP contribution in [0.15, 0.2) is 84.9 Å². The zero-order valence-corrected chi connectivity index (χ0v) is 23.4. The zero-order chi connectivity index (χ0) is 28.0. The summed E-state index contributed by atoms with van der Waals surface area (Å²) in [7, 11) is 1.55. The van der Waals surface area contributed by atoms with E-state index in [0.717, 1.165) is 11.3 Å². The number of aromatic nitrogens is 2. The molecule has 0 spiro atoms. The molecule has 2 amide bonds.